The maximum atomic E-state index is 13.4. The molecule has 4 aromatic rings. The van der Waals surface area contributed by atoms with E-state index in [0.29, 0.717) is 11.5 Å². The van der Waals surface area contributed by atoms with Crippen molar-refractivity contribution in [3.63, 3.8) is 0 Å². The highest BCUT2D eigenvalue weighted by Crippen LogP contribution is 2.29. The van der Waals surface area contributed by atoms with Crippen LogP contribution in [-0.4, -0.2) is 16.1 Å². The van der Waals surface area contributed by atoms with Crippen molar-refractivity contribution >= 4 is 28.8 Å². The second kappa shape index (κ2) is 9.49. The van der Waals surface area contributed by atoms with Crippen LogP contribution in [0.4, 0.5) is 40.4 Å². The molecular weight excluding hydrogens is 454 g/mol. The number of rotatable bonds is 7. The Balaban J connectivity index is 1.48. The number of nitrogens with one attached hydrogen (secondary N) is 2. The fraction of sp³-hybridized carbons (Fsp3) is 0. The SMILES string of the molecule is O=C(O)c1cc(Oc2ccc(Nc3ccc(F)c(F)c3)nc2)ccc1Nc1ccc(F)c(F)c1. The molecule has 0 bridgehead atoms. The topological polar surface area (TPSA) is 83.5 Å². The minimum absolute atomic E-state index is 0.148. The van der Waals surface area contributed by atoms with Gasteiger partial charge in [0.2, 0.25) is 0 Å². The van der Waals surface area contributed by atoms with Crippen LogP contribution in [0.15, 0.2) is 72.9 Å². The van der Waals surface area contributed by atoms with Crippen LogP contribution in [-0.2, 0) is 0 Å². The Morgan fingerprint density at radius 2 is 1.35 bits per heavy atom. The smallest absolute Gasteiger partial charge is 0.337 e. The van der Waals surface area contributed by atoms with Gasteiger partial charge in [0.15, 0.2) is 23.3 Å². The van der Waals surface area contributed by atoms with Crippen LogP contribution in [0.25, 0.3) is 0 Å². The molecule has 0 aliphatic carbocycles. The maximum Gasteiger partial charge on any atom is 0.337 e. The molecule has 0 atom stereocenters. The van der Waals surface area contributed by atoms with Crippen LogP contribution in [0, 0.1) is 23.3 Å². The second-order valence-electron chi connectivity index (χ2n) is 7.00. The van der Waals surface area contributed by atoms with Gasteiger partial charge in [-0.3, -0.25) is 0 Å². The molecule has 1 heterocycles. The molecule has 0 saturated carbocycles. The molecule has 3 N–H and O–H groups in total. The number of aromatic carboxylic acids is 1. The summed E-state index contributed by atoms with van der Waals surface area (Å²) in [6.45, 7) is 0. The van der Waals surface area contributed by atoms with Gasteiger partial charge in [-0.2, -0.15) is 0 Å². The number of carboxylic acid groups (broad SMARTS) is 1. The van der Waals surface area contributed by atoms with Crippen LogP contribution in [0.2, 0.25) is 0 Å². The number of hydrogen-bond donors (Lipinski definition) is 3. The van der Waals surface area contributed by atoms with Gasteiger partial charge < -0.3 is 20.5 Å². The molecule has 0 spiro atoms. The fourth-order valence-electron chi connectivity index (χ4n) is 2.97. The third kappa shape index (κ3) is 5.23. The summed E-state index contributed by atoms with van der Waals surface area (Å²) in [6.07, 6.45) is 1.36. The summed E-state index contributed by atoms with van der Waals surface area (Å²) in [5.41, 5.74) is 0.459. The summed E-state index contributed by atoms with van der Waals surface area (Å²) in [5.74, 6) is -4.50. The third-order valence-corrected chi connectivity index (χ3v) is 4.58. The number of halogens is 4. The molecule has 0 amide bonds. The minimum atomic E-state index is -1.26. The average molecular weight is 469 g/mol. The number of hydrogen-bond acceptors (Lipinski definition) is 5. The second-order valence-corrected chi connectivity index (χ2v) is 7.00. The van der Waals surface area contributed by atoms with Gasteiger partial charge in [0.25, 0.3) is 0 Å². The zero-order valence-corrected chi connectivity index (χ0v) is 17.2. The van der Waals surface area contributed by atoms with Crippen molar-refractivity contribution < 1.29 is 32.2 Å². The van der Waals surface area contributed by atoms with E-state index in [9.17, 15) is 27.5 Å². The van der Waals surface area contributed by atoms with Crippen molar-refractivity contribution in [3.05, 3.63) is 102 Å². The first-order valence-electron chi connectivity index (χ1n) is 9.74. The largest absolute Gasteiger partial charge is 0.478 e. The Morgan fingerprint density at radius 1 is 0.735 bits per heavy atom. The summed E-state index contributed by atoms with van der Waals surface area (Å²) in [7, 11) is 0. The lowest BCUT2D eigenvalue weighted by molar-refractivity contribution is 0.0697. The molecule has 172 valence electrons. The first-order valence-corrected chi connectivity index (χ1v) is 9.74. The lowest BCUT2D eigenvalue weighted by atomic mass is 10.1. The van der Waals surface area contributed by atoms with Gasteiger partial charge in [0, 0.05) is 23.5 Å². The predicted molar refractivity (Wildman–Crippen MR) is 117 cm³/mol. The van der Waals surface area contributed by atoms with Gasteiger partial charge in [-0.1, -0.05) is 0 Å². The zero-order valence-electron chi connectivity index (χ0n) is 17.2. The molecule has 4 rings (SSSR count). The van der Waals surface area contributed by atoms with E-state index in [1.807, 2.05) is 0 Å². The first kappa shape index (κ1) is 22.6. The maximum absolute atomic E-state index is 13.4. The highest BCUT2D eigenvalue weighted by Gasteiger charge is 2.14. The average Bonchev–Trinajstić information content (AvgIpc) is 2.81. The predicted octanol–water partition coefficient (Wildman–Crippen LogP) is 6.62. The Morgan fingerprint density at radius 3 is 1.91 bits per heavy atom. The van der Waals surface area contributed by atoms with Gasteiger partial charge in [0.05, 0.1) is 17.4 Å². The molecule has 34 heavy (non-hydrogen) atoms. The summed E-state index contributed by atoms with van der Waals surface area (Å²) >= 11 is 0. The number of nitrogens with zero attached hydrogens (tertiary/aromatic N) is 1. The number of anilines is 4. The van der Waals surface area contributed by atoms with E-state index in [1.165, 1.54) is 42.6 Å². The molecular formula is C24H15F4N3O3. The molecule has 10 heteroatoms. The number of carboxylic acids is 1. The van der Waals surface area contributed by atoms with E-state index in [4.69, 9.17) is 4.74 Å². The summed E-state index contributed by atoms with van der Waals surface area (Å²) in [5, 5.41) is 15.1. The number of aromatic nitrogens is 1. The molecule has 0 fully saturated rings. The lowest BCUT2D eigenvalue weighted by Crippen LogP contribution is -2.03. The normalized spacial score (nSPS) is 10.6. The van der Waals surface area contributed by atoms with Crippen molar-refractivity contribution in [2.75, 3.05) is 10.6 Å². The van der Waals surface area contributed by atoms with E-state index < -0.39 is 29.2 Å². The quantitative estimate of drug-likeness (QED) is 0.264. The van der Waals surface area contributed by atoms with Gasteiger partial charge in [-0.05, 0) is 54.6 Å². The van der Waals surface area contributed by atoms with Crippen LogP contribution in [0.5, 0.6) is 11.5 Å². The van der Waals surface area contributed by atoms with E-state index in [2.05, 4.69) is 15.6 Å². The van der Waals surface area contributed by atoms with Crippen molar-refractivity contribution in [1.82, 2.24) is 4.98 Å². The molecule has 0 radical (unpaired) electrons. The minimum Gasteiger partial charge on any atom is -0.478 e. The Labute approximate surface area is 190 Å². The molecule has 0 saturated heterocycles. The molecule has 0 aliphatic heterocycles. The van der Waals surface area contributed by atoms with E-state index >= 15 is 0 Å². The van der Waals surface area contributed by atoms with Crippen molar-refractivity contribution in [2.45, 2.75) is 0 Å². The number of carbonyl (C=O) groups is 1. The number of benzene rings is 3. The Bertz CT molecular complexity index is 1360. The lowest BCUT2D eigenvalue weighted by Gasteiger charge is -2.13. The summed E-state index contributed by atoms with van der Waals surface area (Å²) in [4.78, 5) is 15.8. The van der Waals surface area contributed by atoms with Gasteiger partial charge in [0.1, 0.15) is 17.3 Å². The molecule has 6 nitrogen and oxygen atoms in total. The van der Waals surface area contributed by atoms with E-state index in [-0.39, 0.29) is 28.4 Å². The van der Waals surface area contributed by atoms with Crippen LogP contribution < -0.4 is 15.4 Å². The number of ether oxygens (including phenoxy) is 1. The van der Waals surface area contributed by atoms with Gasteiger partial charge >= 0.3 is 5.97 Å². The molecule has 0 aliphatic rings. The van der Waals surface area contributed by atoms with Gasteiger partial charge in [-0.15, -0.1) is 0 Å². The van der Waals surface area contributed by atoms with Gasteiger partial charge in [-0.25, -0.2) is 27.3 Å². The summed E-state index contributed by atoms with van der Waals surface area (Å²) < 4.78 is 58.6. The highest BCUT2D eigenvalue weighted by molar-refractivity contribution is 5.95. The van der Waals surface area contributed by atoms with Crippen LogP contribution in [0.3, 0.4) is 0 Å². The molecule has 0 unspecified atom stereocenters. The summed E-state index contributed by atoms with van der Waals surface area (Å²) in [6, 6.07) is 13.7. The van der Waals surface area contributed by atoms with E-state index in [0.717, 1.165) is 24.3 Å². The van der Waals surface area contributed by atoms with Crippen LogP contribution in [0.1, 0.15) is 10.4 Å². The molecule has 3 aromatic carbocycles. The standard InChI is InChI=1S/C24H15F4N3O3/c25-18-5-1-13(9-20(18)27)30-22-7-3-15(11-17(22)24(32)33)34-16-4-8-23(29-12-16)31-14-2-6-19(26)21(28)10-14/h1-12,30H,(H,29,31)(H,32,33). The Hall–Kier alpha value is -4.60. The van der Waals surface area contributed by atoms with Crippen LogP contribution >= 0.6 is 0 Å². The Kier molecular flexibility index (Phi) is 6.30. The van der Waals surface area contributed by atoms with Crippen molar-refractivity contribution in [1.29, 1.82) is 0 Å². The third-order valence-electron chi connectivity index (χ3n) is 4.58. The van der Waals surface area contributed by atoms with Crippen molar-refractivity contribution in [3.8, 4) is 11.5 Å². The number of pyridine rings is 1. The van der Waals surface area contributed by atoms with E-state index in [1.54, 1.807) is 6.07 Å². The highest BCUT2D eigenvalue weighted by atomic mass is 19.2. The monoisotopic (exact) mass is 469 g/mol. The fourth-order valence-corrected chi connectivity index (χ4v) is 2.97. The zero-order chi connectivity index (χ0) is 24.2. The molecule has 1 aromatic heterocycles. The first-order chi connectivity index (χ1) is 16.3. The van der Waals surface area contributed by atoms with Crippen molar-refractivity contribution in [2.24, 2.45) is 0 Å².